The Balaban J connectivity index is 1.89. The van der Waals surface area contributed by atoms with Gasteiger partial charge < -0.3 is 10.1 Å². The number of sulfonamides is 1. The number of para-hydroxylation sites is 1. The van der Waals surface area contributed by atoms with Crippen LogP contribution in [0, 0.1) is 5.82 Å². The highest BCUT2D eigenvalue weighted by atomic mass is 35.5. The number of halogens is 2. The molecule has 0 spiro atoms. The standard InChI is InChI=1S/C21H18ClFN2O4S/c1-29-20-12-9-16(13-19(20)22)24-21(26)14-25(17-5-3-2-4-6-17)30(27,28)18-10-7-15(23)8-11-18/h2-13H,14H2,1H3,(H,24,26). The lowest BCUT2D eigenvalue weighted by Gasteiger charge is -2.24. The van der Waals surface area contributed by atoms with E-state index in [2.05, 4.69) is 5.32 Å². The van der Waals surface area contributed by atoms with Gasteiger partial charge in [0.25, 0.3) is 10.0 Å². The van der Waals surface area contributed by atoms with Crippen LogP contribution >= 0.6 is 11.6 Å². The number of nitrogens with one attached hydrogen (secondary N) is 1. The molecule has 3 rings (SSSR count). The monoisotopic (exact) mass is 448 g/mol. The lowest BCUT2D eigenvalue weighted by Crippen LogP contribution is -2.38. The van der Waals surface area contributed by atoms with E-state index >= 15 is 0 Å². The molecule has 3 aromatic rings. The minimum absolute atomic E-state index is 0.131. The Hall–Kier alpha value is -3.10. The molecule has 0 heterocycles. The molecule has 0 atom stereocenters. The Morgan fingerprint density at radius 1 is 1.07 bits per heavy atom. The number of hydrogen-bond donors (Lipinski definition) is 1. The molecule has 1 N–H and O–H groups in total. The van der Waals surface area contributed by atoms with E-state index < -0.39 is 28.3 Å². The second kappa shape index (κ2) is 9.15. The topological polar surface area (TPSA) is 75.7 Å². The van der Waals surface area contributed by atoms with Crippen LogP contribution in [-0.2, 0) is 14.8 Å². The largest absolute Gasteiger partial charge is 0.495 e. The molecule has 156 valence electrons. The predicted octanol–water partition coefficient (Wildman–Crippen LogP) is 4.32. The van der Waals surface area contributed by atoms with Crippen molar-refractivity contribution in [3.63, 3.8) is 0 Å². The second-order valence-corrected chi connectivity index (χ2v) is 8.47. The molecular weight excluding hydrogens is 431 g/mol. The lowest BCUT2D eigenvalue weighted by atomic mass is 10.3. The van der Waals surface area contributed by atoms with Crippen molar-refractivity contribution in [2.45, 2.75) is 4.90 Å². The molecule has 30 heavy (non-hydrogen) atoms. The Kier molecular flexibility index (Phi) is 6.59. The summed E-state index contributed by atoms with van der Waals surface area (Å²) in [5.41, 5.74) is 0.683. The van der Waals surface area contributed by atoms with Crippen LogP contribution in [0.5, 0.6) is 5.75 Å². The number of amides is 1. The molecule has 0 saturated heterocycles. The summed E-state index contributed by atoms with van der Waals surface area (Å²) in [7, 11) is -2.65. The number of rotatable bonds is 7. The fraction of sp³-hybridized carbons (Fsp3) is 0.0952. The van der Waals surface area contributed by atoms with Crippen LogP contribution in [0.25, 0.3) is 0 Å². The number of anilines is 2. The molecule has 0 radical (unpaired) electrons. The maximum absolute atomic E-state index is 13.2. The van der Waals surface area contributed by atoms with Crippen molar-refractivity contribution in [3.8, 4) is 5.75 Å². The Morgan fingerprint density at radius 2 is 1.73 bits per heavy atom. The van der Waals surface area contributed by atoms with E-state index in [0.717, 1.165) is 28.6 Å². The van der Waals surface area contributed by atoms with Gasteiger partial charge in [0, 0.05) is 5.69 Å². The molecule has 0 saturated carbocycles. The molecule has 0 aliphatic heterocycles. The highest BCUT2D eigenvalue weighted by molar-refractivity contribution is 7.92. The molecule has 0 fully saturated rings. The van der Waals surface area contributed by atoms with Gasteiger partial charge in [-0.1, -0.05) is 29.8 Å². The van der Waals surface area contributed by atoms with Crippen LogP contribution in [0.1, 0.15) is 0 Å². The third-order valence-electron chi connectivity index (χ3n) is 4.17. The average molecular weight is 449 g/mol. The molecule has 0 bridgehead atoms. The maximum Gasteiger partial charge on any atom is 0.264 e. The number of carbonyl (C=O) groups excluding carboxylic acids is 1. The summed E-state index contributed by atoms with van der Waals surface area (Å²) < 4.78 is 45.6. The van der Waals surface area contributed by atoms with Crippen molar-refractivity contribution in [2.75, 3.05) is 23.3 Å². The van der Waals surface area contributed by atoms with Crippen molar-refractivity contribution in [1.82, 2.24) is 0 Å². The smallest absolute Gasteiger partial charge is 0.264 e. The van der Waals surface area contributed by atoms with Crippen LogP contribution < -0.4 is 14.4 Å². The highest BCUT2D eigenvalue weighted by Gasteiger charge is 2.27. The molecule has 0 unspecified atom stereocenters. The van der Waals surface area contributed by atoms with E-state index in [1.54, 1.807) is 42.5 Å². The highest BCUT2D eigenvalue weighted by Crippen LogP contribution is 2.28. The van der Waals surface area contributed by atoms with Crippen LogP contribution in [0.3, 0.4) is 0 Å². The first-order valence-electron chi connectivity index (χ1n) is 8.78. The zero-order valence-corrected chi connectivity index (χ0v) is 17.5. The fourth-order valence-electron chi connectivity index (χ4n) is 2.72. The van der Waals surface area contributed by atoms with Gasteiger partial charge in [0.2, 0.25) is 5.91 Å². The molecule has 1 amide bonds. The van der Waals surface area contributed by atoms with Crippen molar-refractivity contribution in [3.05, 3.63) is 83.6 Å². The first-order chi connectivity index (χ1) is 14.3. The fourth-order valence-corrected chi connectivity index (χ4v) is 4.40. The molecule has 0 aliphatic carbocycles. The third kappa shape index (κ3) is 4.90. The molecular formula is C21H18ClFN2O4S. The second-order valence-electron chi connectivity index (χ2n) is 6.20. The van der Waals surface area contributed by atoms with E-state index in [0.29, 0.717) is 22.1 Å². The number of ether oxygens (including phenoxy) is 1. The number of nitrogens with zero attached hydrogens (tertiary/aromatic N) is 1. The van der Waals surface area contributed by atoms with E-state index in [-0.39, 0.29) is 4.90 Å². The summed E-state index contributed by atoms with van der Waals surface area (Å²) in [6, 6.07) is 17.3. The lowest BCUT2D eigenvalue weighted by molar-refractivity contribution is -0.114. The van der Waals surface area contributed by atoms with Gasteiger partial charge in [0.15, 0.2) is 0 Å². The quantitative estimate of drug-likeness (QED) is 0.584. The van der Waals surface area contributed by atoms with E-state index in [4.69, 9.17) is 16.3 Å². The van der Waals surface area contributed by atoms with Gasteiger partial charge in [-0.25, -0.2) is 12.8 Å². The molecule has 3 aromatic carbocycles. The minimum Gasteiger partial charge on any atom is -0.495 e. The Bertz CT molecular complexity index is 1140. The molecule has 9 heteroatoms. The van der Waals surface area contributed by atoms with Gasteiger partial charge in [-0.2, -0.15) is 0 Å². The van der Waals surface area contributed by atoms with Crippen LogP contribution in [0.2, 0.25) is 5.02 Å². The summed E-state index contributed by atoms with van der Waals surface area (Å²) in [6.07, 6.45) is 0. The summed E-state index contributed by atoms with van der Waals surface area (Å²) >= 11 is 6.07. The van der Waals surface area contributed by atoms with E-state index in [9.17, 15) is 17.6 Å². The van der Waals surface area contributed by atoms with Crippen molar-refractivity contribution >= 4 is 38.9 Å². The number of carbonyl (C=O) groups is 1. The van der Waals surface area contributed by atoms with Crippen molar-refractivity contribution in [2.24, 2.45) is 0 Å². The maximum atomic E-state index is 13.2. The number of methoxy groups -OCH3 is 1. The van der Waals surface area contributed by atoms with Crippen LogP contribution in [-0.4, -0.2) is 28.0 Å². The van der Waals surface area contributed by atoms with Crippen molar-refractivity contribution < 1.29 is 22.3 Å². The number of benzene rings is 3. The van der Waals surface area contributed by atoms with Gasteiger partial charge in [-0.05, 0) is 54.6 Å². The van der Waals surface area contributed by atoms with Gasteiger partial charge in [0.05, 0.1) is 22.7 Å². The zero-order chi connectivity index (χ0) is 21.7. The molecule has 6 nitrogen and oxygen atoms in total. The summed E-state index contributed by atoms with van der Waals surface area (Å²) in [5, 5.41) is 2.92. The minimum atomic E-state index is -4.12. The summed E-state index contributed by atoms with van der Waals surface area (Å²) in [4.78, 5) is 12.5. The first kappa shape index (κ1) is 21.6. The van der Waals surface area contributed by atoms with Gasteiger partial charge in [-0.15, -0.1) is 0 Å². The van der Waals surface area contributed by atoms with Gasteiger partial charge in [0.1, 0.15) is 18.1 Å². The number of hydrogen-bond acceptors (Lipinski definition) is 4. The van der Waals surface area contributed by atoms with Gasteiger partial charge >= 0.3 is 0 Å². The summed E-state index contributed by atoms with van der Waals surface area (Å²) in [6.45, 7) is -0.493. The SMILES string of the molecule is COc1ccc(NC(=O)CN(c2ccccc2)S(=O)(=O)c2ccc(F)cc2)cc1Cl. The predicted molar refractivity (Wildman–Crippen MR) is 114 cm³/mol. The van der Waals surface area contributed by atoms with Crippen molar-refractivity contribution in [1.29, 1.82) is 0 Å². The zero-order valence-electron chi connectivity index (χ0n) is 15.9. The third-order valence-corrected chi connectivity index (χ3v) is 6.25. The molecule has 0 aliphatic rings. The van der Waals surface area contributed by atoms with E-state index in [1.165, 1.54) is 13.2 Å². The van der Waals surface area contributed by atoms with Crippen LogP contribution in [0.4, 0.5) is 15.8 Å². The van der Waals surface area contributed by atoms with E-state index in [1.807, 2.05) is 0 Å². The Morgan fingerprint density at radius 3 is 2.33 bits per heavy atom. The normalized spacial score (nSPS) is 11.0. The van der Waals surface area contributed by atoms with Crippen LogP contribution in [0.15, 0.2) is 77.7 Å². The summed E-state index contributed by atoms with van der Waals surface area (Å²) in [5.74, 6) is -0.695. The average Bonchev–Trinajstić information content (AvgIpc) is 2.73. The first-order valence-corrected chi connectivity index (χ1v) is 10.6. The molecule has 0 aromatic heterocycles. The Labute approximate surface area is 178 Å². The van der Waals surface area contributed by atoms with Gasteiger partial charge in [-0.3, -0.25) is 9.10 Å².